The van der Waals surface area contributed by atoms with Crippen LogP contribution in [-0.4, -0.2) is 67.8 Å². The number of hydrogen-bond acceptors (Lipinski definition) is 8. The fraction of sp³-hybridized carbons (Fsp3) is 0.630. The van der Waals surface area contributed by atoms with Crippen LogP contribution in [0.3, 0.4) is 0 Å². The zero-order valence-corrected chi connectivity index (χ0v) is 23.0. The second kappa shape index (κ2) is 10.5. The molecule has 2 saturated carbocycles. The molecule has 0 aromatic carbocycles. The molecule has 206 valence electrons. The Morgan fingerprint density at radius 2 is 1.95 bits per heavy atom. The molecule has 2 saturated heterocycles. The Labute approximate surface area is 228 Å². The summed E-state index contributed by atoms with van der Waals surface area (Å²) in [4.78, 5) is 9.06. The largest absolute Gasteiger partial charge is 0.381 e. The van der Waals surface area contributed by atoms with Crippen molar-refractivity contribution in [1.29, 1.82) is 0 Å². The van der Waals surface area contributed by atoms with Gasteiger partial charge in [-0.3, -0.25) is 0 Å². The Bertz CT molecular complexity index is 1290. The summed E-state index contributed by atoms with van der Waals surface area (Å²) in [7, 11) is -2.87. The highest BCUT2D eigenvalue weighted by Gasteiger charge is 2.55. The lowest BCUT2D eigenvalue weighted by Gasteiger charge is -2.31. The molecule has 0 amide bonds. The van der Waals surface area contributed by atoms with E-state index in [0.29, 0.717) is 52.8 Å². The molecule has 4 heterocycles. The summed E-state index contributed by atoms with van der Waals surface area (Å²) < 4.78 is 43.7. The maximum absolute atomic E-state index is 14.6. The zero-order valence-electron chi connectivity index (χ0n) is 21.4. The molecule has 3 unspecified atom stereocenters. The number of nitrogens with zero attached hydrogens (tertiary/aromatic N) is 2. The van der Waals surface area contributed by atoms with Gasteiger partial charge in [-0.2, -0.15) is 0 Å². The van der Waals surface area contributed by atoms with E-state index in [1.165, 1.54) is 6.07 Å². The van der Waals surface area contributed by atoms with Crippen LogP contribution < -0.4 is 16.0 Å². The Morgan fingerprint density at radius 3 is 2.71 bits per heavy atom. The normalized spacial score (nSPS) is 31.9. The topological polar surface area (TPSA) is 105 Å². The van der Waals surface area contributed by atoms with Crippen LogP contribution in [0.1, 0.15) is 44.9 Å². The fourth-order valence-electron chi connectivity index (χ4n) is 6.34. The van der Waals surface area contributed by atoms with Crippen molar-refractivity contribution in [2.24, 2.45) is 11.3 Å². The van der Waals surface area contributed by atoms with E-state index >= 15 is 0 Å². The van der Waals surface area contributed by atoms with E-state index < -0.39 is 9.84 Å². The number of nitrogens with one attached hydrogen (secondary N) is 3. The van der Waals surface area contributed by atoms with Crippen LogP contribution >= 0.6 is 11.6 Å². The molecule has 0 bridgehead atoms. The monoisotopic (exact) mass is 563 g/mol. The minimum Gasteiger partial charge on any atom is -0.381 e. The maximum Gasteiger partial charge on any atom is 0.165 e. The summed E-state index contributed by atoms with van der Waals surface area (Å²) in [5.74, 6) is 1.70. The second-order valence-electron chi connectivity index (χ2n) is 11.5. The molecule has 8 nitrogen and oxygen atoms in total. The molecule has 0 spiro atoms. The highest BCUT2D eigenvalue weighted by atomic mass is 35.5. The van der Waals surface area contributed by atoms with Gasteiger partial charge in [0.1, 0.15) is 5.82 Å². The van der Waals surface area contributed by atoms with E-state index in [2.05, 4.69) is 25.9 Å². The van der Waals surface area contributed by atoms with Crippen molar-refractivity contribution in [3.05, 3.63) is 35.2 Å². The molecule has 2 aromatic heterocycles. The van der Waals surface area contributed by atoms with Crippen molar-refractivity contribution in [2.45, 2.75) is 63.1 Å². The van der Waals surface area contributed by atoms with E-state index in [1.54, 1.807) is 12.3 Å². The summed E-state index contributed by atoms with van der Waals surface area (Å²) >= 11 is 6.50. The van der Waals surface area contributed by atoms with Gasteiger partial charge in [0.15, 0.2) is 21.5 Å². The SMILES string of the molecule is O=S1(=O)CCC(N[C@H]2CC[C@H](Nc3cc(-c4ccc(F)c(NCC56CCOCC5C6)n4)c(Cl)cn3)CC2)C1. The van der Waals surface area contributed by atoms with E-state index in [9.17, 15) is 12.8 Å². The molecular formula is C27H35ClFN5O3S. The third kappa shape index (κ3) is 5.78. The summed E-state index contributed by atoms with van der Waals surface area (Å²) in [5, 5.41) is 10.8. The lowest BCUT2D eigenvalue weighted by molar-refractivity contribution is 0.0650. The number of ether oxygens (including phenoxy) is 1. The van der Waals surface area contributed by atoms with Gasteiger partial charge in [-0.05, 0) is 74.5 Å². The van der Waals surface area contributed by atoms with Crippen LogP contribution in [0.25, 0.3) is 11.3 Å². The average Bonchev–Trinajstić information content (AvgIpc) is 3.54. The summed E-state index contributed by atoms with van der Waals surface area (Å²) in [5.41, 5.74) is 1.51. The van der Waals surface area contributed by atoms with Gasteiger partial charge in [0.2, 0.25) is 0 Å². The first-order chi connectivity index (χ1) is 18.3. The van der Waals surface area contributed by atoms with Crippen LogP contribution in [-0.2, 0) is 14.6 Å². The number of anilines is 2. The Morgan fingerprint density at radius 1 is 1.13 bits per heavy atom. The lowest BCUT2D eigenvalue weighted by atomic mass is 9.90. The third-order valence-corrected chi connectivity index (χ3v) is 10.9. The van der Waals surface area contributed by atoms with Gasteiger partial charge in [-0.25, -0.2) is 22.8 Å². The maximum atomic E-state index is 14.6. The Balaban J connectivity index is 1.07. The predicted octanol–water partition coefficient (Wildman–Crippen LogP) is 4.27. The van der Waals surface area contributed by atoms with Gasteiger partial charge in [-0.15, -0.1) is 0 Å². The van der Waals surface area contributed by atoms with Gasteiger partial charge in [0, 0.05) is 49.6 Å². The summed E-state index contributed by atoms with van der Waals surface area (Å²) in [6.07, 6.45) is 8.34. The van der Waals surface area contributed by atoms with Crippen LogP contribution in [0.5, 0.6) is 0 Å². The molecule has 3 atom stereocenters. The quantitative estimate of drug-likeness (QED) is 0.437. The summed E-state index contributed by atoms with van der Waals surface area (Å²) in [6.45, 7) is 2.25. The van der Waals surface area contributed by atoms with E-state index in [0.717, 1.165) is 51.7 Å². The van der Waals surface area contributed by atoms with Crippen LogP contribution in [0.2, 0.25) is 5.02 Å². The molecule has 6 rings (SSSR count). The molecule has 3 N–H and O–H groups in total. The van der Waals surface area contributed by atoms with Crippen molar-refractivity contribution >= 4 is 33.1 Å². The second-order valence-corrected chi connectivity index (χ2v) is 14.1. The molecule has 11 heteroatoms. The first-order valence-corrected chi connectivity index (χ1v) is 15.9. The van der Waals surface area contributed by atoms with Crippen molar-refractivity contribution in [3.63, 3.8) is 0 Å². The predicted molar refractivity (Wildman–Crippen MR) is 147 cm³/mol. The minimum atomic E-state index is -2.87. The molecule has 0 radical (unpaired) electrons. The number of aromatic nitrogens is 2. The number of pyridine rings is 2. The molecule has 2 aliphatic carbocycles. The van der Waals surface area contributed by atoms with Crippen LogP contribution in [0, 0.1) is 17.2 Å². The lowest BCUT2D eigenvalue weighted by Crippen LogP contribution is -2.43. The van der Waals surface area contributed by atoms with Gasteiger partial charge in [0.05, 0.1) is 22.2 Å². The van der Waals surface area contributed by atoms with Gasteiger partial charge in [-0.1, -0.05) is 11.6 Å². The van der Waals surface area contributed by atoms with E-state index in [-0.39, 0.29) is 34.9 Å². The molecule has 4 aliphatic rings. The Kier molecular flexibility index (Phi) is 7.26. The van der Waals surface area contributed by atoms with Crippen LogP contribution in [0.15, 0.2) is 24.4 Å². The third-order valence-electron chi connectivity index (χ3n) is 8.79. The first-order valence-electron chi connectivity index (χ1n) is 13.7. The molecule has 4 fully saturated rings. The molecule has 2 aromatic rings. The highest BCUT2D eigenvalue weighted by Crippen LogP contribution is 2.57. The van der Waals surface area contributed by atoms with Crippen molar-refractivity contribution in [3.8, 4) is 11.3 Å². The smallest absolute Gasteiger partial charge is 0.165 e. The summed E-state index contributed by atoms with van der Waals surface area (Å²) in [6, 6.07) is 5.67. The van der Waals surface area contributed by atoms with Crippen LogP contribution in [0.4, 0.5) is 16.0 Å². The standard InChI is InChI=1S/C27H35ClFN5O3S/c28-22-13-30-25(33-19-3-1-18(2-4-19)32-20-7-10-38(35,36)15-20)11-21(22)24-6-5-23(29)26(34-24)31-16-27-8-9-37-14-17(27)12-27/h5-6,11,13,17-20,32H,1-4,7-10,12,14-16H2,(H,30,33)(H,31,34)/t17?,18-,19-,20?,27?. The van der Waals surface area contributed by atoms with Crippen molar-refractivity contribution in [2.75, 3.05) is 41.9 Å². The number of rotatable bonds is 8. The fourth-order valence-corrected chi connectivity index (χ4v) is 8.23. The highest BCUT2D eigenvalue weighted by molar-refractivity contribution is 7.91. The molecule has 38 heavy (non-hydrogen) atoms. The number of hydrogen-bond donors (Lipinski definition) is 3. The van der Waals surface area contributed by atoms with E-state index in [1.807, 2.05) is 6.07 Å². The number of halogens is 2. The number of sulfone groups is 1. The van der Waals surface area contributed by atoms with Gasteiger partial charge >= 0.3 is 0 Å². The van der Waals surface area contributed by atoms with E-state index in [4.69, 9.17) is 16.3 Å². The molecule has 2 aliphatic heterocycles. The first kappa shape index (κ1) is 26.2. The zero-order chi connectivity index (χ0) is 26.3. The van der Waals surface area contributed by atoms with Gasteiger partial charge in [0.25, 0.3) is 0 Å². The van der Waals surface area contributed by atoms with Gasteiger partial charge < -0.3 is 20.7 Å². The minimum absolute atomic E-state index is 0.0830. The number of fused-ring (bicyclic) bond motifs is 1. The Hall–Kier alpha value is -2.01. The molecular weight excluding hydrogens is 529 g/mol. The van der Waals surface area contributed by atoms with Crippen molar-refractivity contribution in [1.82, 2.24) is 15.3 Å². The average molecular weight is 564 g/mol. The van der Waals surface area contributed by atoms with Crippen molar-refractivity contribution < 1.29 is 17.5 Å².